The Morgan fingerprint density at radius 3 is 1.82 bits per heavy atom. The van der Waals surface area contributed by atoms with Crippen LogP contribution in [0.25, 0.3) is 21.8 Å². The number of aromatic amines is 2. The molecule has 4 N–H and O–H groups in total. The van der Waals surface area contributed by atoms with Crippen LogP contribution in [0.3, 0.4) is 0 Å². The third kappa shape index (κ3) is 4.54. The van der Waals surface area contributed by atoms with Gasteiger partial charge in [0.05, 0.1) is 24.7 Å². The molecule has 2 aromatic heterocycles. The monoisotopic (exact) mass is 534 g/mol. The average Bonchev–Trinajstić information content (AvgIpc) is 3.50. The van der Waals surface area contributed by atoms with E-state index < -0.39 is 38.7 Å². The fourth-order valence-corrected chi connectivity index (χ4v) is 12.6. The summed E-state index contributed by atoms with van der Waals surface area (Å²) in [7, 11) is -2.39. The van der Waals surface area contributed by atoms with E-state index >= 15 is 0 Å². The molecule has 7 heteroatoms. The summed E-state index contributed by atoms with van der Waals surface area (Å²) in [5.41, 5.74) is 4.77. The predicted molar refractivity (Wildman–Crippen MR) is 156 cm³/mol. The molecule has 204 valence electrons. The standard InChI is InChI=1S/C31H42N2O4Si/c1-18(2)38(19(3)4,20(5)6)37-31-29(35)28(25-15-21-11-7-9-13-23(21)32-25)27(17-34)36-30(31)26-16-22-12-8-10-14-24(22)33-26/h7-16,18-20,27-35H,17H2,1-6H3/t27-,28-,29+,30+,31-/m1/s1. The lowest BCUT2D eigenvalue weighted by Gasteiger charge is -2.51. The zero-order valence-corrected chi connectivity index (χ0v) is 24.3. The van der Waals surface area contributed by atoms with Gasteiger partial charge in [-0.3, -0.25) is 0 Å². The smallest absolute Gasteiger partial charge is 0.201 e. The second kappa shape index (κ2) is 10.6. The summed E-state index contributed by atoms with van der Waals surface area (Å²) < 4.78 is 14.0. The number of rotatable bonds is 8. The Labute approximate surface area is 226 Å². The van der Waals surface area contributed by atoms with E-state index in [-0.39, 0.29) is 6.61 Å². The quantitative estimate of drug-likeness (QED) is 0.187. The summed E-state index contributed by atoms with van der Waals surface area (Å²) in [5.74, 6) is -0.462. The fraction of sp³-hybridized carbons (Fsp3) is 0.484. The van der Waals surface area contributed by atoms with E-state index in [0.717, 1.165) is 33.2 Å². The topological polar surface area (TPSA) is 90.5 Å². The second-order valence-electron chi connectivity index (χ2n) is 11.8. The molecule has 6 nitrogen and oxygen atoms in total. The molecule has 1 saturated heterocycles. The lowest BCUT2D eigenvalue weighted by Crippen LogP contribution is -2.58. The van der Waals surface area contributed by atoms with Gasteiger partial charge in [0.1, 0.15) is 12.2 Å². The highest BCUT2D eigenvalue weighted by atomic mass is 28.4. The summed E-state index contributed by atoms with van der Waals surface area (Å²) in [6.45, 7) is 13.3. The number of ether oxygens (including phenoxy) is 1. The summed E-state index contributed by atoms with van der Waals surface area (Å²) in [6, 6.07) is 20.3. The van der Waals surface area contributed by atoms with Gasteiger partial charge >= 0.3 is 0 Å². The zero-order valence-electron chi connectivity index (χ0n) is 23.3. The first-order valence-corrected chi connectivity index (χ1v) is 16.1. The van der Waals surface area contributed by atoms with Crippen molar-refractivity contribution < 1.29 is 19.4 Å². The van der Waals surface area contributed by atoms with Crippen LogP contribution in [0.5, 0.6) is 0 Å². The van der Waals surface area contributed by atoms with Crippen LogP contribution in [0.1, 0.15) is 65.0 Å². The first-order valence-electron chi connectivity index (χ1n) is 13.9. The summed E-state index contributed by atoms with van der Waals surface area (Å²) >= 11 is 0. The molecule has 0 bridgehead atoms. The zero-order chi connectivity index (χ0) is 27.2. The minimum Gasteiger partial charge on any atom is -0.407 e. The van der Waals surface area contributed by atoms with E-state index in [4.69, 9.17) is 9.16 Å². The third-order valence-corrected chi connectivity index (χ3v) is 14.8. The molecule has 1 aliphatic heterocycles. The lowest BCUT2D eigenvalue weighted by atomic mass is 9.83. The summed E-state index contributed by atoms with van der Waals surface area (Å²) in [5, 5.41) is 24.9. The Kier molecular flexibility index (Phi) is 7.59. The first kappa shape index (κ1) is 27.2. The van der Waals surface area contributed by atoms with Crippen LogP contribution in [0.4, 0.5) is 0 Å². The third-order valence-electron chi connectivity index (χ3n) is 8.72. The molecule has 0 unspecified atom stereocenters. The van der Waals surface area contributed by atoms with Crippen LogP contribution in [0.2, 0.25) is 16.6 Å². The highest BCUT2D eigenvalue weighted by molar-refractivity contribution is 6.77. The van der Waals surface area contributed by atoms with Gasteiger partial charge in [-0.25, -0.2) is 0 Å². The van der Waals surface area contributed by atoms with E-state index in [9.17, 15) is 10.2 Å². The van der Waals surface area contributed by atoms with Crippen molar-refractivity contribution >= 4 is 30.1 Å². The summed E-state index contributed by atoms with van der Waals surface area (Å²) in [6.07, 6.45) is -2.62. The number of aromatic nitrogens is 2. The van der Waals surface area contributed by atoms with Crippen molar-refractivity contribution in [2.24, 2.45) is 0 Å². The minimum absolute atomic E-state index is 0.207. The number of hydrogen-bond acceptors (Lipinski definition) is 4. The molecule has 0 spiro atoms. The van der Waals surface area contributed by atoms with Gasteiger partial charge in [0, 0.05) is 22.4 Å². The average molecular weight is 535 g/mol. The number of nitrogens with one attached hydrogen (secondary N) is 2. The van der Waals surface area contributed by atoms with Crippen LogP contribution < -0.4 is 0 Å². The maximum absolute atomic E-state index is 12.2. The van der Waals surface area contributed by atoms with Gasteiger partial charge in [0.15, 0.2) is 0 Å². The molecular formula is C31H42N2O4Si. The number of fused-ring (bicyclic) bond motifs is 2. The van der Waals surface area contributed by atoms with Crippen molar-refractivity contribution in [1.82, 2.24) is 9.97 Å². The summed E-state index contributed by atoms with van der Waals surface area (Å²) in [4.78, 5) is 7.00. The van der Waals surface area contributed by atoms with Gasteiger partial charge in [-0.1, -0.05) is 77.9 Å². The van der Waals surface area contributed by atoms with Crippen molar-refractivity contribution in [3.8, 4) is 0 Å². The molecule has 0 radical (unpaired) electrons. The van der Waals surface area contributed by atoms with Gasteiger partial charge in [-0.2, -0.15) is 0 Å². The van der Waals surface area contributed by atoms with Gasteiger partial charge in [-0.05, 0) is 51.7 Å². The largest absolute Gasteiger partial charge is 0.407 e. The van der Waals surface area contributed by atoms with Gasteiger partial charge in [0.2, 0.25) is 8.32 Å². The Morgan fingerprint density at radius 2 is 1.32 bits per heavy atom. The lowest BCUT2D eigenvalue weighted by molar-refractivity contribution is -0.189. The maximum atomic E-state index is 12.2. The van der Waals surface area contributed by atoms with Crippen LogP contribution in [0, 0.1) is 0 Å². The second-order valence-corrected chi connectivity index (χ2v) is 17.2. The van der Waals surface area contributed by atoms with Crippen molar-refractivity contribution in [2.45, 2.75) is 88.5 Å². The van der Waals surface area contributed by atoms with Crippen molar-refractivity contribution in [3.63, 3.8) is 0 Å². The van der Waals surface area contributed by atoms with E-state index in [1.54, 1.807) is 0 Å². The first-order chi connectivity index (χ1) is 18.2. The normalized spacial score (nSPS) is 24.9. The Balaban J connectivity index is 1.63. The van der Waals surface area contributed by atoms with Crippen LogP contribution >= 0.6 is 0 Å². The van der Waals surface area contributed by atoms with Gasteiger partial charge < -0.3 is 29.3 Å². The molecule has 0 saturated carbocycles. The molecule has 0 amide bonds. The molecule has 5 rings (SSSR count). The van der Waals surface area contributed by atoms with Crippen molar-refractivity contribution in [3.05, 3.63) is 72.1 Å². The molecule has 5 atom stereocenters. The Hall–Kier alpha value is -2.42. The van der Waals surface area contributed by atoms with E-state index in [1.165, 1.54) is 0 Å². The number of aliphatic hydroxyl groups is 2. The van der Waals surface area contributed by atoms with Crippen LogP contribution in [-0.2, 0) is 9.16 Å². The van der Waals surface area contributed by atoms with E-state index in [0.29, 0.717) is 16.6 Å². The maximum Gasteiger partial charge on any atom is 0.201 e. The molecule has 1 fully saturated rings. The number of benzene rings is 2. The van der Waals surface area contributed by atoms with Gasteiger partial charge in [0.25, 0.3) is 0 Å². The molecule has 0 aliphatic carbocycles. The Morgan fingerprint density at radius 1 is 0.816 bits per heavy atom. The van der Waals surface area contributed by atoms with E-state index in [2.05, 4.69) is 75.8 Å². The van der Waals surface area contributed by atoms with Crippen LogP contribution in [-0.4, -0.2) is 53.4 Å². The SMILES string of the molecule is CC(C)[Si](O[C@@H]1[C@@H](O)[C@H](c2cc3ccccc3[nH]2)[C@@H](CO)O[C@H]1c1cc2ccccc2[nH]1)(C(C)C)C(C)C. The molecule has 1 aliphatic rings. The van der Waals surface area contributed by atoms with E-state index in [1.807, 2.05) is 36.4 Å². The fourth-order valence-electron chi connectivity index (χ4n) is 7.04. The highest BCUT2D eigenvalue weighted by Crippen LogP contribution is 2.49. The highest BCUT2D eigenvalue weighted by Gasteiger charge is 2.54. The number of hydrogen-bond donors (Lipinski definition) is 4. The number of aliphatic hydroxyl groups excluding tert-OH is 2. The molecular weight excluding hydrogens is 492 g/mol. The minimum atomic E-state index is -2.39. The van der Waals surface area contributed by atoms with Crippen molar-refractivity contribution in [1.29, 1.82) is 0 Å². The van der Waals surface area contributed by atoms with Crippen molar-refractivity contribution in [2.75, 3.05) is 6.61 Å². The predicted octanol–water partition coefficient (Wildman–Crippen LogP) is 6.79. The molecule has 4 aromatic rings. The molecule has 2 aromatic carbocycles. The Bertz CT molecular complexity index is 1290. The van der Waals surface area contributed by atoms with Crippen LogP contribution in [0.15, 0.2) is 60.7 Å². The number of para-hydroxylation sites is 2. The van der Waals surface area contributed by atoms with Gasteiger partial charge in [-0.15, -0.1) is 0 Å². The number of H-pyrrole nitrogens is 2. The molecule has 3 heterocycles. The molecule has 38 heavy (non-hydrogen) atoms.